The quantitative estimate of drug-likeness (QED) is 0.816. The van der Waals surface area contributed by atoms with Crippen molar-refractivity contribution >= 4 is 5.91 Å². The minimum Gasteiger partial charge on any atom is -0.491 e. The Kier molecular flexibility index (Phi) is 7.91. The van der Waals surface area contributed by atoms with E-state index in [1.165, 1.54) is 4.90 Å². The standard InChI is InChI=1S/C19H26F3NO4/c20-19(21,22)10-8-18(26)23-11-4-3-6-14-5-1-2-7-17(14)27-13-16(25)15(24)9-12-23/h1-2,5,7,15-16,24-25H,3-4,6,8-13H2/t15-,16+/m0/s1. The molecular formula is C19H26F3NO4. The molecule has 0 fully saturated rings. The van der Waals surface area contributed by atoms with Crippen molar-refractivity contribution in [3.05, 3.63) is 29.8 Å². The smallest absolute Gasteiger partial charge is 0.389 e. The number of aliphatic hydroxyl groups is 2. The highest BCUT2D eigenvalue weighted by Gasteiger charge is 2.29. The molecule has 0 saturated heterocycles. The van der Waals surface area contributed by atoms with Crippen molar-refractivity contribution in [1.29, 1.82) is 0 Å². The van der Waals surface area contributed by atoms with Crippen LogP contribution < -0.4 is 4.74 Å². The molecule has 0 spiro atoms. The highest BCUT2D eigenvalue weighted by molar-refractivity contribution is 5.76. The Bertz CT molecular complexity index is 609. The van der Waals surface area contributed by atoms with Crippen molar-refractivity contribution in [2.45, 2.75) is 56.9 Å². The molecule has 1 heterocycles. The minimum absolute atomic E-state index is 0.0733. The van der Waals surface area contributed by atoms with E-state index in [0.717, 1.165) is 12.0 Å². The average molecular weight is 389 g/mol. The van der Waals surface area contributed by atoms with Crippen LogP contribution in [0, 0.1) is 0 Å². The number of benzene rings is 1. The largest absolute Gasteiger partial charge is 0.491 e. The van der Waals surface area contributed by atoms with Crippen LogP contribution in [0.25, 0.3) is 0 Å². The molecule has 5 nitrogen and oxygen atoms in total. The second kappa shape index (κ2) is 9.94. The molecule has 2 atom stereocenters. The van der Waals surface area contributed by atoms with Gasteiger partial charge in [0.25, 0.3) is 0 Å². The van der Waals surface area contributed by atoms with Crippen molar-refractivity contribution < 1.29 is 32.9 Å². The summed E-state index contributed by atoms with van der Waals surface area (Å²) in [6.07, 6.45) is -6.27. The SMILES string of the molecule is O=C(CCC(F)(F)F)N1CCCCc2ccccc2OC[C@@H](O)[C@@H](O)CC1. The van der Waals surface area contributed by atoms with Gasteiger partial charge in [-0.1, -0.05) is 18.2 Å². The number of hydrogen-bond acceptors (Lipinski definition) is 4. The van der Waals surface area contributed by atoms with E-state index in [9.17, 15) is 28.2 Å². The van der Waals surface area contributed by atoms with Gasteiger partial charge in [-0.05, 0) is 37.3 Å². The summed E-state index contributed by atoms with van der Waals surface area (Å²) in [6, 6.07) is 7.39. The fourth-order valence-corrected chi connectivity index (χ4v) is 3.00. The molecule has 0 aliphatic carbocycles. The van der Waals surface area contributed by atoms with E-state index < -0.39 is 37.1 Å². The van der Waals surface area contributed by atoms with Gasteiger partial charge in [0.05, 0.1) is 12.5 Å². The Morgan fingerprint density at radius 1 is 1.15 bits per heavy atom. The molecule has 152 valence electrons. The molecular weight excluding hydrogens is 363 g/mol. The Balaban J connectivity index is 2.04. The van der Waals surface area contributed by atoms with Gasteiger partial charge in [-0.15, -0.1) is 0 Å². The number of fused-ring (bicyclic) bond motifs is 1. The van der Waals surface area contributed by atoms with Gasteiger partial charge in [0.2, 0.25) is 5.91 Å². The van der Waals surface area contributed by atoms with E-state index in [0.29, 0.717) is 25.1 Å². The van der Waals surface area contributed by atoms with Gasteiger partial charge in [-0.25, -0.2) is 0 Å². The molecule has 27 heavy (non-hydrogen) atoms. The van der Waals surface area contributed by atoms with E-state index in [-0.39, 0.29) is 19.6 Å². The normalized spacial score (nSPS) is 22.6. The van der Waals surface area contributed by atoms with Crippen LogP contribution in [0.3, 0.4) is 0 Å². The highest BCUT2D eigenvalue weighted by atomic mass is 19.4. The Morgan fingerprint density at radius 2 is 1.89 bits per heavy atom. The first-order valence-corrected chi connectivity index (χ1v) is 9.17. The van der Waals surface area contributed by atoms with Gasteiger partial charge in [0.15, 0.2) is 0 Å². The zero-order valence-electron chi connectivity index (χ0n) is 15.1. The molecule has 0 radical (unpaired) electrons. The first-order valence-electron chi connectivity index (χ1n) is 9.17. The van der Waals surface area contributed by atoms with Crippen LogP contribution >= 0.6 is 0 Å². The van der Waals surface area contributed by atoms with Crippen LogP contribution in [0.15, 0.2) is 24.3 Å². The lowest BCUT2D eigenvalue weighted by atomic mass is 10.1. The molecule has 0 aromatic heterocycles. The minimum atomic E-state index is -4.38. The highest BCUT2D eigenvalue weighted by Crippen LogP contribution is 2.23. The summed E-state index contributed by atoms with van der Waals surface area (Å²) in [7, 11) is 0. The van der Waals surface area contributed by atoms with Crippen molar-refractivity contribution in [3.8, 4) is 5.75 Å². The molecule has 1 aromatic rings. The third-order valence-electron chi connectivity index (χ3n) is 4.62. The summed E-state index contributed by atoms with van der Waals surface area (Å²) in [6.45, 7) is 0.324. The van der Waals surface area contributed by atoms with Gasteiger partial charge in [-0.3, -0.25) is 4.79 Å². The predicted octanol–water partition coefficient (Wildman–Crippen LogP) is 2.68. The zero-order valence-corrected chi connectivity index (χ0v) is 15.1. The number of amides is 1. The third kappa shape index (κ3) is 7.38. The molecule has 1 amide bonds. The van der Waals surface area contributed by atoms with E-state index in [1.807, 2.05) is 18.2 Å². The number of halogens is 3. The Labute approximate surface area is 156 Å². The second-order valence-corrected chi connectivity index (χ2v) is 6.80. The van der Waals surface area contributed by atoms with E-state index in [2.05, 4.69) is 0 Å². The lowest BCUT2D eigenvalue weighted by molar-refractivity contribution is -0.149. The van der Waals surface area contributed by atoms with Crippen LogP contribution in [0.2, 0.25) is 0 Å². The summed E-state index contributed by atoms with van der Waals surface area (Å²) in [5, 5.41) is 20.2. The summed E-state index contributed by atoms with van der Waals surface area (Å²) in [4.78, 5) is 13.5. The number of para-hydroxylation sites is 1. The number of carbonyl (C=O) groups is 1. The van der Waals surface area contributed by atoms with Crippen LogP contribution in [-0.4, -0.2) is 59.1 Å². The molecule has 8 heteroatoms. The number of aliphatic hydroxyl groups excluding tert-OH is 2. The molecule has 2 rings (SSSR count). The molecule has 0 bridgehead atoms. The van der Waals surface area contributed by atoms with Gasteiger partial charge < -0.3 is 19.8 Å². The third-order valence-corrected chi connectivity index (χ3v) is 4.62. The van der Waals surface area contributed by atoms with Gasteiger partial charge in [-0.2, -0.15) is 13.2 Å². The van der Waals surface area contributed by atoms with Crippen LogP contribution in [0.4, 0.5) is 13.2 Å². The summed E-state index contributed by atoms with van der Waals surface area (Å²) >= 11 is 0. The van der Waals surface area contributed by atoms with E-state index in [4.69, 9.17) is 4.74 Å². The molecule has 0 unspecified atom stereocenters. The average Bonchev–Trinajstić information content (AvgIpc) is 2.63. The lowest BCUT2D eigenvalue weighted by Crippen LogP contribution is -2.38. The molecule has 1 aromatic carbocycles. The van der Waals surface area contributed by atoms with Gasteiger partial charge in [0.1, 0.15) is 18.5 Å². The van der Waals surface area contributed by atoms with Crippen LogP contribution in [-0.2, 0) is 11.2 Å². The molecule has 0 saturated carbocycles. The number of alkyl halides is 3. The van der Waals surface area contributed by atoms with E-state index in [1.54, 1.807) is 6.07 Å². The molecule has 1 aliphatic rings. The first kappa shape index (κ1) is 21.5. The van der Waals surface area contributed by atoms with Crippen LogP contribution in [0.5, 0.6) is 5.75 Å². The monoisotopic (exact) mass is 389 g/mol. The lowest BCUT2D eigenvalue weighted by Gasteiger charge is -2.25. The Morgan fingerprint density at radius 3 is 2.63 bits per heavy atom. The van der Waals surface area contributed by atoms with Gasteiger partial charge in [0, 0.05) is 19.5 Å². The summed E-state index contributed by atoms with van der Waals surface area (Å²) in [5.74, 6) is 0.0571. The van der Waals surface area contributed by atoms with Crippen molar-refractivity contribution in [3.63, 3.8) is 0 Å². The van der Waals surface area contributed by atoms with Gasteiger partial charge >= 0.3 is 6.18 Å². The van der Waals surface area contributed by atoms with Crippen LogP contribution in [0.1, 0.15) is 37.7 Å². The summed E-state index contributed by atoms with van der Waals surface area (Å²) < 4.78 is 42.8. The fourth-order valence-electron chi connectivity index (χ4n) is 3.00. The van der Waals surface area contributed by atoms with Crippen molar-refractivity contribution in [1.82, 2.24) is 4.90 Å². The van der Waals surface area contributed by atoms with Crippen molar-refractivity contribution in [2.75, 3.05) is 19.7 Å². The number of carbonyl (C=O) groups excluding carboxylic acids is 1. The van der Waals surface area contributed by atoms with Crippen molar-refractivity contribution in [2.24, 2.45) is 0 Å². The Hall–Kier alpha value is -1.80. The summed E-state index contributed by atoms with van der Waals surface area (Å²) in [5.41, 5.74) is 0.952. The van der Waals surface area contributed by atoms with E-state index >= 15 is 0 Å². The number of aryl methyl sites for hydroxylation is 1. The zero-order chi connectivity index (χ0) is 19.9. The first-order chi connectivity index (χ1) is 12.8. The maximum absolute atomic E-state index is 12.4. The predicted molar refractivity (Wildman–Crippen MR) is 93.4 cm³/mol. The maximum atomic E-state index is 12.4. The number of ether oxygens (including phenoxy) is 1. The topological polar surface area (TPSA) is 70.0 Å². The maximum Gasteiger partial charge on any atom is 0.389 e. The second-order valence-electron chi connectivity index (χ2n) is 6.80. The number of hydrogen-bond donors (Lipinski definition) is 2. The number of nitrogens with zero attached hydrogens (tertiary/aromatic N) is 1. The molecule has 1 aliphatic heterocycles. The molecule has 2 N–H and O–H groups in total. The fraction of sp³-hybridized carbons (Fsp3) is 0.632. The number of rotatable bonds is 2.